The molecule has 0 fully saturated rings. The second-order valence-electron chi connectivity index (χ2n) is 5.61. The van der Waals surface area contributed by atoms with Gasteiger partial charge in [-0.05, 0) is 19.8 Å². The summed E-state index contributed by atoms with van der Waals surface area (Å²) >= 11 is 0. The van der Waals surface area contributed by atoms with Crippen molar-refractivity contribution in [1.82, 2.24) is 4.57 Å². The van der Waals surface area contributed by atoms with Crippen molar-refractivity contribution >= 4 is 5.97 Å². The van der Waals surface area contributed by atoms with Crippen LogP contribution in [-0.2, 0) is 24.3 Å². The number of rotatable bonds is 10. The summed E-state index contributed by atoms with van der Waals surface area (Å²) in [5, 5.41) is 9.07. The smallest absolute Gasteiger partial charge is 0.310 e. The van der Waals surface area contributed by atoms with E-state index in [-0.39, 0.29) is 5.92 Å². The molecular formula is C16H29N2O2+. The second kappa shape index (κ2) is 8.77. The number of aliphatic carboxylic acids is 1. The molecule has 0 saturated heterocycles. The summed E-state index contributed by atoms with van der Waals surface area (Å²) in [6.07, 6.45) is 11.2. The normalized spacial score (nSPS) is 12.6. The third kappa shape index (κ3) is 4.99. The van der Waals surface area contributed by atoms with Gasteiger partial charge in [-0.3, -0.25) is 4.79 Å². The molecule has 1 rings (SSSR count). The minimum atomic E-state index is -0.724. The van der Waals surface area contributed by atoms with E-state index in [0.717, 1.165) is 19.4 Å². The van der Waals surface area contributed by atoms with E-state index >= 15 is 0 Å². The molecule has 1 aromatic heterocycles. The van der Waals surface area contributed by atoms with E-state index in [4.69, 9.17) is 5.11 Å². The predicted octanol–water partition coefficient (Wildman–Crippen LogP) is 3.03. The van der Waals surface area contributed by atoms with Crippen LogP contribution in [0.15, 0.2) is 12.4 Å². The third-order valence-corrected chi connectivity index (χ3v) is 3.70. The minimum Gasteiger partial charge on any atom is -0.481 e. The Bertz CT molecular complexity index is 413. The summed E-state index contributed by atoms with van der Waals surface area (Å²) < 4.78 is 4.40. The Morgan fingerprint density at radius 3 is 2.65 bits per heavy atom. The van der Waals surface area contributed by atoms with Crippen LogP contribution in [0.1, 0.15) is 58.7 Å². The Hall–Kier alpha value is -1.32. The molecule has 1 N–H and O–H groups in total. The number of unbranched alkanes of at least 4 members (excludes halogenated alkanes) is 3. The molecule has 0 aliphatic heterocycles. The van der Waals surface area contributed by atoms with Gasteiger partial charge >= 0.3 is 5.97 Å². The Kier molecular flexibility index (Phi) is 7.34. The van der Waals surface area contributed by atoms with Crippen LogP contribution in [0, 0.1) is 5.92 Å². The lowest BCUT2D eigenvalue weighted by atomic mass is 10.1. The summed E-state index contributed by atoms with van der Waals surface area (Å²) in [4.78, 5) is 11.0. The molecule has 0 saturated carbocycles. The summed E-state index contributed by atoms with van der Waals surface area (Å²) in [5.74, 6) is 0.209. The van der Waals surface area contributed by atoms with Crippen molar-refractivity contribution in [3.05, 3.63) is 18.2 Å². The molecule has 0 aliphatic rings. The second-order valence-corrected chi connectivity index (χ2v) is 5.61. The monoisotopic (exact) mass is 281 g/mol. The number of imidazole rings is 1. The van der Waals surface area contributed by atoms with Crippen LogP contribution in [0.5, 0.6) is 0 Å². The van der Waals surface area contributed by atoms with Gasteiger partial charge in [-0.2, -0.15) is 0 Å². The van der Waals surface area contributed by atoms with E-state index in [2.05, 4.69) is 29.2 Å². The molecule has 4 heteroatoms. The van der Waals surface area contributed by atoms with E-state index in [9.17, 15) is 4.79 Å². The molecule has 0 aliphatic carbocycles. The van der Waals surface area contributed by atoms with Gasteiger partial charge in [0.1, 0.15) is 18.9 Å². The zero-order chi connectivity index (χ0) is 15.0. The number of aromatic nitrogens is 2. The average molecular weight is 281 g/mol. The molecule has 1 aromatic rings. The maximum absolute atomic E-state index is 11.0. The van der Waals surface area contributed by atoms with Crippen LogP contribution in [0.4, 0.5) is 0 Å². The van der Waals surface area contributed by atoms with Crippen molar-refractivity contribution in [2.24, 2.45) is 5.92 Å². The zero-order valence-corrected chi connectivity index (χ0v) is 13.1. The van der Waals surface area contributed by atoms with E-state index in [1.165, 1.54) is 31.5 Å². The zero-order valence-electron chi connectivity index (χ0n) is 13.1. The van der Waals surface area contributed by atoms with Crippen LogP contribution in [-0.4, -0.2) is 15.6 Å². The standard InChI is InChI=1S/C16H28N2O2/c1-4-6-7-8-9-15-17(10-5-2)11-12-18(15)13-14(3)16(19)20/h11-12,14H,4-10,13H2,1-3H3/p+1. The molecule has 0 radical (unpaired) electrons. The van der Waals surface area contributed by atoms with Crippen molar-refractivity contribution in [3.63, 3.8) is 0 Å². The van der Waals surface area contributed by atoms with Crippen LogP contribution < -0.4 is 4.57 Å². The van der Waals surface area contributed by atoms with Gasteiger partial charge in [0, 0.05) is 6.42 Å². The van der Waals surface area contributed by atoms with Gasteiger partial charge in [0.05, 0.1) is 12.5 Å². The predicted molar refractivity (Wildman–Crippen MR) is 79.6 cm³/mol. The number of hydrogen-bond donors (Lipinski definition) is 1. The number of carboxylic acids is 1. The third-order valence-electron chi connectivity index (χ3n) is 3.70. The van der Waals surface area contributed by atoms with Gasteiger partial charge in [-0.15, -0.1) is 0 Å². The molecule has 4 nitrogen and oxygen atoms in total. The first-order valence-electron chi connectivity index (χ1n) is 7.90. The van der Waals surface area contributed by atoms with Crippen molar-refractivity contribution < 1.29 is 14.5 Å². The lowest BCUT2D eigenvalue weighted by Gasteiger charge is -2.07. The van der Waals surface area contributed by atoms with Gasteiger partial charge in [0.25, 0.3) is 5.82 Å². The maximum atomic E-state index is 11.0. The Morgan fingerprint density at radius 2 is 2.05 bits per heavy atom. The largest absolute Gasteiger partial charge is 0.481 e. The molecule has 114 valence electrons. The molecule has 1 unspecified atom stereocenters. The lowest BCUT2D eigenvalue weighted by molar-refractivity contribution is -0.707. The number of hydrogen-bond acceptors (Lipinski definition) is 1. The molecule has 0 amide bonds. The topological polar surface area (TPSA) is 46.1 Å². The summed E-state index contributed by atoms with van der Waals surface area (Å²) in [6, 6.07) is 0. The van der Waals surface area contributed by atoms with Crippen molar-refractivity contribution in [3.8, 4) is 0 Å². The molecule has 0 spiro atoms. The highest BCUT2D eigenvalue weighted by Gasteiger charge is 2.21. The first-order valence-corrected chi connectivity index (χ1v) is 7.90. The van der Waals surface area contributed by atoms with E-state index < -0.39 is 5.97 Å². The van der Waals surface area contributed by atoms with Gasteiger partial charge in [-0.1, -0.05) is 33.1 Å². The summed E-state index contributed by atoms with van der Waals surface area (Å²) in [7, 11) is 0. The molecule has 1 atom stereocenters. The fraction of sp³-hybridized carbons (Fsp3) is 0.750. The molecule has 1 heterocycles. The Balaban J connectivity index is 2.74. The maximum Gasteiger partial charge on any atom is 0.310 e. The van der Waals surface area contributed by atoms with Crippen LogP contribution in [0.2, 0.25) is 0 Å². The van der Waals surface area contributed by atoms with Crippen LogP contribution in [0.25, 0.3) is 0 Å². The number of carboxylic acid groups (broad SMARTS) is 1. The van der Waals surface area contributed by atoms with Gasteiger partial charge in [0.15, 0.2) is 0 Å². The highest BCUT2D eigenvalue weighted by molar-refractivity contribution is 5.69. The van der Waals surface area contributed by atoms with Gasteiger partial charge < -0.3 is 5.11 Å². The summed E-state index contributed by atoms with van der Waals surface area (Å²) in [6.45, 7) is 7.74. The van der Waals surface area contributed by atoms with E-state index in [1.807, 2.05) is 6.20 Å². The van der Waals surface area contributed by atoms with Crippen LogP contribution >= 0.6 is 0 Å². The first kappa shape index (κ1) is 16.7. The Labute approximate surface area is 122 Å². The van der Waals surface area contributed by atoms with E-state index in [1.54, 1.807) is 6.92 Å². The van der Waals surface area contributed by atoms with Crippen molar-refractivity contribution in [2.45, 2.75) is 72.4 Å². The SMILES string of the molecule is CCCCCCc1n(CCC)cc[n+]1CC(C)C(=O)O. The van der Waals surface area contributed by atoms with Crippen molar-refractivity contribution in [1.29, 1.82) is 0 Å². The highest BCUT2D eigenvalue weighted by atomic mass is 16.4. The van der Waals surface area contributed by atoms with Gasteiger partial charge in [0.2, 0.25) is 0 Å². The highest BCUT2D eigenvalue weighted by Crippen LogP contribution is 2.08. The lowest BCUT2D eigenvalue weighted by Crippen LogP contribution is -2.41. The minimum absolute atomic E-state index is 0.341. The number of nitrogens with zero attached hydrogens (tertiary/aromatic N) is 2. The molecule has 0 bridgehead atoms. The van der Waals surface area contributed by atoms with Crippen LogP contribution in [0.3, 0.4) is 0 Å². The summed E-state index contributed by atoms with van der Waals surface area (Å²) in [5.41, 5.74) is 0. The Morgan fingerprint density at radius 1 is 1.30 bits per heavy atom. The molecule has 20 heavy (non-hydrogen) atoms. The number of aryl methyl sites for hydroxylation is 1. The molecule has 0 aromatic carbocycles. The first-order chi connectivity index (χ1) is 9.60. The quantitative estimate of drug-likeness (QED) is 0.529. The fourth-order valence-electron chi connectivity index (χ4n) is 2.48. The fourth-order valence-corrected chi connectivity index (χ4v) is 2.48. The van der Waals surface area contributed by atoms with Crippen molar-refractivity contribution in [2.75, 3.05) is 0 Å². The molecular weight excluding hydrogens is 252 g/mol. The number of carbonyl (C=O) groups is 1. The van der Waals surface area contributed by atoms with Gasteiger partial charge in [-0.25, -0.2) is 9.13 Å². The van der Waals surface area contributed by atoms with E-state index in [0.29, 0.717) is 6.54 Å². The average Bonchev–Trinajstić information content (AvgIpc) is 2.78.